The minimum absolute atomic E-state index is 0.0742. The van der Waals surface area contributed by atoms with Gasteiger partial charge in [-0.05, 0) is 41.3 Å². The molecule has 0 fully saturated rings. The van der Waals surface area contributed by atoms with Crippen molar-refractivity contribution in [1.82, 2.24) is 0 Å². The van der Waals surface area contributed by atoms with Gasteiger partial charge in [-0.2, -0.15) is 13.2 Å². The third kappa shape index (κ3) is 4.75. The summed E-state index contributed by atoms with van der Waals surface area (Å²) in [6, 6.07) is 11.2. The minimum atomic E-state index is -4.45. The number of halogens is 3. The molecular formula is C18H19F3N2O. The van der Waals surface area contributed by atoms with E-state index in [9.17, 15) is 18.0 Å². The van der Waals surface area contributed by atoms with Crippen molar-refractivity contribution in [3.05, 3.63) is 59.7 Å². The van der Waals surface area contributed by atoms with Gasteiger partial charge in [0.15, 0.2) is 0 Å². The molecular weight excluding hydrogens is 317 g/mol. The first-order chi connectivity index (χ1) is 11.1. The van der Waals surface area contributed by atoms with Gasteiger partial charge < -0.3 is 10.6 Å². The predicted molar refractivity (Wildman–Crippen MR) is 89.2 cm³/mol. The lowest BCUT2D eigenvalue weighted by Gasteiger charge is -2.20. The average Bonchev–Trinajstić information content (AvgIpc) is 2.46. The van der Waals surface area contributed by atoms with Crippen molar-refractivity contribution in [2.75, 3.05) is 10.6 Å². The second-order valence-electron chi connectivity index (χ2n) is 6.49. The summed E-state index contributed by atoms with van der Waals surface area (Å²) in [7, 11) is 0. The van der Waals surface area contributed by atoms with Crippen molar-refractivity contribution in [2.24, 2.45) is 0 Å². The van der Waals surface area contributed by atoms with E-state index in [1.54, 1.807) is 6.07 Å². The molecule has 2 N–H and O–H groups in total. The molecule has 0 saturated heterocycles. The maximum atomic E-state index is 12.7. The number of anilines is 2. The number of hydrogen-bond donors (Lipinski definition) is 2. The van der Waals surface area contributed by atoms with Crippen LogP contribution in [0.15, 0.2) is 48.5 Å². The standard InChI is InChI=1S/C18H19F3N2O/c1-17(2,3)12-6-4-8-14(10-12)22-16(24)23-15-9-5-7-13(11-15)18(19,20)21/h4-11H,1-3H3,(H2,22,23,24). The molecule has 0 aromatic heterocycles. The molecule has 0 saturated carbocycles. The number of rotatable bonds is 2. The Morgan fingerprint density at radius 3 is 1.75 bits per heavy atom. The molecule has 128 valence electrons. The van der Waals surface area contributed by atoms with E-state index >= 15 is 0 Å². The van der Waals surface area contributed by atoms with Gasteiger partial charge in [-0.25, -0.2) is 4.79 Å². The van der Waals surface area contributed by atoms with Crippen LogP contribution in [0, 0.1) is 0 Å². The van der Waals surface area contributed by atoms with Crippen LogP contribution >= 0.6 is 0 Å². The van der Waals surface area contributed by atoms with Gasteiger partial charge in [-0.15, -0.1) is 0 Å². The monoisotopic (exact) mass is 336 g/mol. The van der Waals surface area contributed by atoms with Crippen LogP contribution in [0.3, 0.4) is 0 Å². The van der Waals surface area contributed by atoms with Crippen LogP contribution < -0.4 is 10.6 Å². The van der Waals surface area contributed by atoms with Crippen molar-refractivity contribution >= 4 is 17.4 Å². The quantitative estimate of drug-likeness (QED) is 0.731. The third-order valence-electron chi connectivity index (χ3n) is 3.43. The zero-order chi connectivity index (χ0) is 18.0. The number of alkyl halides is 3. The van der Waals surface area contributed by atoms with Crippen LogP contribution in [-0.4, -0.2) is 6.03 Å². The molecule has 24 heavy (non-hydrogen) atoms. The zero-order valence-corrected chi connectivity index (χ0v) is 13.7. The average molecular weight is 336 g/mol. The fourth-order valence-corrected chi connectivity index (χ4v) is 2.13. The number of nitrogens with one attached hydrogen (secondary N) is 2. The van der Waals surface area contributed by atoms with Gasteiger partial charge in [0.25, 0.3) is 0 Å². The molecule has 6 heteroatoms. The number of hydrogen-bond acceptors (Lipinski definition) is 1. The lowest BCUT2D eigenvalue weighted by molar-refractivity contribution is -0.137. The molecule has 0 atom stereocenters. The van der Waals surface area contributed by atoms with E-state index in [1.807, 2.05) is 18.2 Å². The summed E-state index contributed by atoms with van der Waals surface area (Å²) in [6.45, 7) is 6.15. The third-order valence-corrected chi connectivity index (χ3v) is 3.43. The molecule has 0 aliphatic heterocycles. The van der Waals surface area contributed by atoms with Gasteiger partial charge in [0, 0.05) is 11.4 Å². The Kier molecular flexibility index (Phi) is 4.87. The molecule has 0 aliphatic carbocycles. The van der Waals surface area contributed by atoms with E-state index in [-0.39, 0.29) is 11.1 Å². The molecule has 2 amide bonds. The Morgan fingerprint density at radius 1 is 0.833 bits per heavy atom. The number of carbonyl (C=O) groups excluding carboxylic acids is 1. The SMILES string of the molecule is CC(C)(C)c1cccc(NC(=O)Nc2cccc(C(F)(F)F)c2)c1. The second-order valence-corrected chi connectivity index (χ2v) is 6.49. The van der Waals surface area contributed by atoms with Crippen LogP contribution in [0.5, 0.6) is 0 Å². The van der Waals surface area contributed by atoms with Gasteiger partial charge >= 0.3 is 12.2 Å². The lowest BCUT2D eigenvalue weighted by Crippen LogP contribution is -2.20. The zero-order valence-electron chi connectivity index (χ0n) is 13.7. The van der Waals surface area contributed by atoms with Crippen LogP contribution in [0.25, 0.3) is 0 Å². The van der Waals surface area contributed by atoms with E-state index in [4.69, 9.17) is 0 Å². The Hall–Kier alpha value is -2.50. The highest BCUT2D eigenvalue weighted by atomic mass is 19.4. The number of urea groups is 1. The van der Waals surface area contributed by atoms with Gasteiger partial charge in [0.05, 0.1) is 5.56 Å². The smallest absolute Gasteiger partial charge is 0.308 e. The van der Waals surface area contributed by atoms with Crippen LogP contribution in [0.1, 0.15) is 31.9 Å². The fourth-order valence-electron chi connectivity index (χ4n) is 2.13. The molecule has 3 nitrogen and oxygen atoms in total. The first-order valence-electron chi connectivity index (χ1n) is 7.41. The van der Waals surface area contributed by atoms with Crippen molar-refractivity contribution < 1.29 is 18.0 Å². The van der Waals surface area contributed by atoms with Crippen LogP contribution in [-0.2, 0) is 11.6 Å². The summed E-state index contributed by atoms with van der Waals surface area (Å²) in [5, 5.41) is 5.04. The summed E-state index contributed by atoms with van der Waals surface area (Å²) < 4.78 is 38.0. The molecule has 2 aromatic carbocycles. The van der Waals surface area contributed by atoms with E-state index < -0.39 is 17.8 Å². The van der Waals surface area contributed by atoms with Crippen LogP contribution in [0.2, 0.25) is 0 Å². The summed E-state index contributed by atoms with van der Waals surface area (Å²) in [5.41, 5.74) is 0.811. The van der Waals surface area contributed by atoms with Crippen molar-refractivity contribution in [3.8, 4) is 0 Å². The highest BCUT2D eigenvalue weighted by Crippen LogP contribution is 2.30. The Morgan fingerprint density at radius 2 is 1.29 bits per heavy atom. The predicted octanol–water partition coefficient (Wildman–Crippen LogP) is 5.65. The van der Waals surface area contributed by atoms with Crippen LogP contribution in [0.4, 0.5) is 29.3 Å². The van der Waals surface area contributed by atoms with Crippen molar-refractivity contribution in [1.29, 1.82) is 0 Å². The number of carbonyl (C=O) groups is 1. The summed E-state index contributed by atoms with van der Waals surface area (Å²) in [5.74, 6) is 0. The maximum absolute atomic E-state index is 12.7. The first kappa shape index (κ1) is 17.8. The number of benzene rings is 2. The van der Waals surface area contributed by atoms with Gasteiger partial charge in [-0.1, -0.05) is 39.0 Å². The van der Waals surface area contributed by atoms with E-state index in [2.05, 4.69) is 31.4 Å². The van der Waals surface area contributed by atoms with E-state index in [0.717, 1.165) is 17.7 Å². The molecule has 0 unspecified atom stereocenters. The largest absolute Gasteiger partial charge is 0.416 e. The first-order valence-corrected chi connectivity index (χ1v) is 7.41. The lowest BCUT2D eigenvalue weighted by atomic mass is 9.87. The highest BCUT2D eigenvalue weighted by molar-refractivity contribution is 5.99. The van der Waals surface area contributed by atoms with Crippen molar-refractivity contribution in [3.63, 3.8) is 0 Å². The number of amides is 2. The highest BCUT2D eigenvalue weighted by Gasteiger charge is 2.30. The topological polar surface area (TPSA) is 41.1 Å². The Bertz CT molecular complexity index is 672. The Labute approximate surface area is 138 Å². The molecule has 0 spiro atoms. The molecule has 2 aromatic rings. The second kappa shape index (κ2) is 6.55. The molecule has 0 heterocycles. The molecule has 0 radical (unpaired) electrons. The van der Waals surface area contributed by atoms with E-state index in [0.29, 0.717) is 5.69 Å². The summed E-state index contributed by atoms with van der Waals surface area (Å²) >= 11 is 0. The summed E-state index contributed by atoms with van der Waals surface area (Å²) in [4.78, 5) is 12.0. The molecule has 2 rings (SSSR count). The van der Waals surface area contributed by atoms with E-state index in [1.165, 1.54) is 12.1 Å². The normalized spacial score (nSPS) is 11.9. The Balaban J connectivity index is 2.09. The molecule has 0 bridgehead atoms. The maximum Gasteiger partial charge on any atom is 0.416 e. The van der Waals surface area contributed by atoms with Gasteiger partial charge in [0.2, 0.25) is 0 Å². The fraction of sp³-hybridized carbons (Fsp3) is 0.278. The van der Waals surface area contributed by atoms with Gasteiger partial charge in [0.1, 0.15) is 0 Å². The molecule has 0 aliphatic rings. The van der Waals surface area contributed by atoms with Gasteiger partial charge in [-0.3, -0.25) is 0 Å². The summed E-state index contributed by atoms with van der Waals surface area (Å²) in [6.07, 6.45) is -4.45. The minimum Gasteiger partial charge on any atom is -0.308 e. The van der Waals surface area contributed by atoms with Crippen molar-refractivity contribution in [2.45, 2.75) is 32.4 Å².